The largest absolute Gasteiger partial charge is 0.338 e. The van der Waals surface area contributed by atoms with Crippen LogP contribution in [0.1, 0.15) is 34.5 Å². The fraction of sp³-hybridized carbons (Fsp3) is 0.296. The van der Waals surface area contributed by atoms with Crippen LogP contribution in [-0.2, 0) is 11.3 Å². The zero-order chi connectivity index (χ0) is 23.2. The third-order valence-corrected chi connectivity index (χ3v) is 6.13. The molecule has 0 spiro atoms. The second-order valence-electron chi connectivity index (χ2n) is 8.43. The molecule has 0 aliphatic carbocycles. The number of hydrogen-bond donors (Lipinski definition) is 0. The van der Waals surface area contributed by atoms with Gasteiger partial charge in [0.05, 0.1) is 23.0 Å². The molecule has 1 saturated heterocycles. The molecule has 0 saturated carbocycles. The topological polar surface area (TPSA) is 65.2 Å². The van der Waals surface area contributed by atoms with Gasteiger partial charge in [-0.25, -0.2) is 4.68 Å². The standard InChI is InChI=1S/C27H29N5O/c1-21-26(22(2)32(29-21)25-7-4-3-5-8-25)13-14-27(33)31-16-6-15-30(17-18-31)20-24-11-9-23(19-28)10-12-24/h3-5,7-14H,6,15-18,20H2,1-2H3/b14-13+. The van der Waals surface area contributed by atoms with E-state index in [0.717, 1.165) is 55.2 Å². The van der Waals surface area contributed by atoms with E-state index in [1.165, 1.54) is 5.56 Å². The highest BCUT2D eigenvalue weighted by Gasteiger charge is 2.18. The van der Waals surface area contributed by atoms with Crippen molar-refractivity contribution in [2.75, 3.05) is 26.2 Å². The molecule has 2 aromatic carbocycles. The lowest BCUT2D eigenvalue weighted by Gasteiger charge is -2.21. The van der Waals surface area contributed by atoms with Gasteiger partial charge in [-0.15, -0.1) is 0 Å². The van der Waals surface area contributed by atoms with Crippen molar-refractivity contribution in [3.8, 4) is 11.8 Å². The number of aryl methyl sites for hydroxylation is 1. The molecular formula is C27H29N5O. The van der Waals surface area contributed by atoms with Crippen molar-refractivity contribution >= 4 is 12.0 Å². The van der Waals surface area contributed by atoms with Gasteiger partial charge in [0.15, 0.2) is 0 Å². The molecule has 0 unspecified atom stereocenters. The molecular weight excluding hydrogens is 410 g/mol. The van der Waals surface area contributed by atoms with Gasteiger partial charge in [-0.05, 0) is 56.2 Å². The molecule has 6 heteroatoms. The average Bonchev–Trinajstić information content (AvgIpc) is 2.99. The summed E-state index contributed by atoms with van der Waals surface area (Å²) in [5, 5.41) is 13.6. The van der Waals surface area contributed by atoms with Crippen LogP contribution in [0.25, 0.3) is 11.8 Å². The summed E-state index contributed by atoms with van der Waals surface area (Å²) in [6, 6.07) is 19.9. The van der Waals surface area contributed by atoms with Gasteiger partial charge in [0.25, 0.3) is 0 Å². The zero-order valence-electron chi connectivity index (χ0n) is 19.2. The maximum absolute atomic E-state index is 12.9. The molecule has 4 rings (SSSR count). The normalized spacial score (nSPS) is 14.9. The van der Waals surface area contributed by atoms with Crippen LogP contribution >= 0.6 is 0 Å². The Labute approximate surface area is 195 Å². The van der Waals surface area contributed by atoms with E-state index in [1.807, 2.05) is 84.1 Å². The molecule has 3 aromatic rings. The van der Waals surface area contributed by atoms with Crippen molar-refractivity contribution < 1.29 is 4.79 Å². The number of nitrogens with zero attached hydrogens (tertiary/aromatic N) is 5. The van der Waals surface area contributed by atoms with Crippen LogP contribution in [0.3, 0.4) is 0 Å². The van der Waals surface area contributed by atoms with Crippen LogP contribution in [-0.4, -0.2) is 51.7 Å². The van der Waals surface area contributed by atoms with Gasteiger partial charge in [0, 0.05) is 50.1 Å². The number of carbonyl (C=O) groups excluding carboxylic acids is 1. The smallest absolute Gasteiger partial charge is 0.246 e. The van der Waals surface area contributed by atoms with Crippen molar-refractivity contribution in [3.63, 3.8) is 0 Å². The minimum absolute atomic E-state index is 0.0430. The van der Waals surface area contributed by atoms with Gasteiger partial charge in [-0.3, -0.25) is 9.69 Å². The molecule has 1 aliphatic heterocycles. The number of hydrogen-bond acceptors (Lipinski definition) is 4. The first-order valence-electron chi connectivity index (χ1n) is 11.3. The first kappa shape index (κ1) is 22.5. The Morgan fingerprint density at radius 1 is 1.03 bits per heavy atom. The summed E-state index contributed by atoms with van der Waals surface area (Å²) < 4.78 is 1.92. The zero-order valence-corrected chi connectivity index (χ0v) is 19.2. The summed E-state index contributed by atoms with van der Waals surface area (Å²) in [6.07, 6.45) is 4.53. The highest BCUT2D eigenvalue weighted by molar-refractivity contribution is 5.92. The third kappa shape index (κ3) is 5.39. The first-order chi connectivity index (χ1) is 16.0. The minimum atomic E-state index is 0.0430. The quantitative estimate of drug-likeness (QED) is 0.561. The van der Waals surface area contributed by atoms with E-state index in [2.05, 4.69) is 16.1 Å². The predicted octanol–water partition coefficient (Wildman–Crippen LogP) is 4.11. The molecule has 0 radical (unpaired) electrons. The van der Waals surface area contributed by atoms with Crippen molar-refractivity contribution in [2.45, 2.75) is 26.8 Å². The third-order valence-electron chi connectivity index (χ3n) is 6.13. The molecule has 1 amide bonds. The summed E-state index contributed by atoms with van der Waals surface area (Å²) in [5.41, 5.74) is 5.80. The van der Waals surface area contributed by atoms with Crippen LogP contribution in [0.4, 0.5) is 0 Å². The van der Waals surface area contributed by atoms with Crippen LogP contribution < -0.4 is 0 Å². The van der Waals surface area contributed by atoms with Crippen molar-refractivity contribution in [3.05, 3.63) is 88.8 Å². The van der Waals surface area contributed by atoms with Crippen LogP contribution in [0.15, 0.2) is 60.7 Å². The fourth-order valence-corrected chi connectivity index (χ4v) is 4.27. The Morgan fingerprint density at radius 2 is 1.79 bits per heavy atom. The van der Waals surface area contributed by atoms with Crippen LogP contribution in [0.2, 0.25) is 0 Å². The predicted molar refractivity (Wildman–Crippen MR) is 130 cm³/mol. The average molecular weight is 440 g/mol. The summed E-state index contributed by atoms with van der Waals surface area (Å²) >= 11 is 0. The SMILES string of the molecule is Cc1nn(-c2ccccc2)c(C)c1/C=C/C(=O)N1CCCN(Cc2ccc(C#N)cc2)CC1. The number of aromatic nitrogens is 2. The highest BCUT2D eigenvalue weighted by atomic mass is 16.2. The summed E-state index contributed by atoms with van der Waals surface area (Å²) in [5.74, 6) is 0.0430. The monoisotopic (exact) mass is 439 g/mol. The number of amides is 1. The molecule has 0 N–H and O–H groups in total. The van der Waals surface area contributed by atoms with Crippen molar-refractivity contribution in [1.82, 2.24) is 19.6 Å². The van der Waals surface area contributed by atoms with Crippen molar-refractivity contribution in [2.24, 2.45) is 0 Å². The summed E-state index contributed by atoms with van der Waals surface area (Å²) in [7, 11) is 0. The number of benzene rings is 2. The first-order valence-corrected chi connectivity index (χ1v) is 11.3. The Kier molecular flexibility index (Phi) is 7.01. The Hall–Kier alpha value is -3.69. The molecule has 1 fully saturated rings. The van der Waals surface area contributed by atoms with Crippen LogP contribution in [0, 0.1) is 25.2 Å². The lowest BCUT2D eigenvalue weighted by atomic mass is 10.1. The highest BCUT2D eigenvalue weighted by Crippen LogP contribution is 2.19. The number of rotatable bonds is 5. The van der Waals surface area contributed by atoms with Gasteiger partial charge < -0.3 is 4.90 Å². The summed E-state index contributed by atoms with van der Waals surface area (Å²) in [4.78, 5) is 17.2. The summed E-state index contributed by atoms with van der Waals surface area (Å²) in [6.45, 7) is 8.10. The lowest BCUT2D eigenvalue weighted by molar-refractivity contribution is -0.125. The van der Waals surface area contributed by atoms with E-state index in [9.17, 15) is 4.79 Å². The molecule has 2 heterocycles. The van der Waals surface area contributed by atoms with Crippen molar-refractivity contribution in [1.29, 1.82) is 5.26 Å². The van der Waals surface area contributed by atoms with E-state index in [-0.39, 0.29) is 5.91 Å². The second kappa shape index (κ2) is 10.3. The van der Waals surface area contributed by atoms with E-state index >= 15 is 0 Å². The molecule has 1 aliphatic rings. The molecule has 6 nitrogen and oxygen atoms in total. The van der Waals surface area contributed by atoms with Gasteiger partial charge in [-0.1, -0.05) is 30.3 Å². The maximum Gasteiger partial charge on any atom is 0.246 e. The Morgan fingerprint density at radius 3 is 2.52 bits per heavy atom. The van der Waals surface area contributed by atoms with Gasteiger partial charge in [-0.2, -0.15) is 10.4 Å². The molecule has 1 aromatic heterocycles. The molecule has 0 atom stereocenters. The minimum Gasteiger partial charge on any atom is -0.338 e. The van der Waals surface area contributed by atoms with Gasteiger partial charge in [0.2, 0.25) is 5.91 Å². The number of para-hydroxylation sites is 1. The van der Waals surface area contributed by atoms with E-state index in [0.29, 0.717) is 12.1 Å². The van der Waals surface area contributed by atoms with Crippen LogP contribution in [0.5, 0.6) is 0 Å². The molecule has 33 heavy (non-hydrogen) atoms. The molecule has 168 valence electrons. The fourth-order valence-electron chi connectivity index (χ4n) is 4.27. The van der Waals surface area contributed by atoms with E-state index < -0.39 is 0 Å². The lowest BCUT2D eigenvalue weighted by Crippen LogP contribution is -2.34. The number of nitriles is 1. The second-order valence-corrected chi connectivity index (χ2v) is 8.43. The molecule has 0 bridgehead atoms. The van der Waals surface area contributed by atoms with E-state index in [4.69, 9.17) is 5.26 Å². The Balaban J connectivity index is 1.38. The number of carbonyl (C=O) groups is 1. The van der Waals surface area contributed by atoms with E-state index in [1.54, 1.807) is 6.08 Å². The Bertz CT molecular complexity index is 1170. The van der Waals surface area contributed by atoms with Gasteiger partial charge in [0.1, 0.15) is 0 Å². The van der Waals surface area contributed by atoms with Gasteiger partial charge >= 0.3 is 0 Å². The maximum atomic E-state index is 12.9.